The van der Waals surface area contributed by atoms with Gasteiger partial charge in [-0.25, -0.2) is 15.0 Å². The van der Waals surface area contributed by atoms with Crippen molar-refractivity contribution >= 4 is 53.1 Å². The van der Waals surface area contributed by atoms with Gasteiger partial charge in [0, 0.05) is 39.4 Å². The smallest absolute Gasteiger partial charge is 0.321 e. The molecule has 8 bridgehead atoms. The van der Waals surface area contributed by atoms with E-state index in [0.29, 0.717) is 68.5 Å². The standard InChI is InChI=1S/C35H32N4O6/c1-7-18-15(3)22-11-23-16(4)20(9-10-28(41)42)32(38-23)30-31(35(44)45-6)34(43)29-17(5)24(39-33(29)30)12-26-19(8-2)21(14-40)27(37-26)13-25(18)36-22/h7,11-14,31,36,40H,1,8-10H2,2-6H3,(H,41,42)/b21-14+,22-11?,24-12?,25-13?,32-30?. The first-order valence-electron chi connectivity index (χ1n) is 14.6. The molecule has 1 aromatic heterocycles. The molecule has 0 amide bonds. The van der Waals surface area contributed by atoms with Crippen LogP contribution in [0.1, 0.15) is 51.2 Å². The second-order valence-corrected chi connectivity index (χ2v) is 11.3. The number of H-pyrrole nitrogens is 1. The summed E-state index contributed by atoms with van der Waals surface area (Å²) in [6, 6.07) is 0. The zero-order valence-electron chi connectivity index (χ0n) is 25.7. The minimum Gasteiger partial charge on any atom is -0.515 e. The highest BCUT2D eigenvalue weighted by Gasteiger charge is 2.50. The molecule has 0 aromatic carbocycles. The van der Waals surface area contributed by atoms with Crippen molar-refractivity contribution in [2.45, 2.75) is 47.0 Å². The Hall–Kier alpha value is -5.38. The predicted octanol–water partition coefficient (Wildman–Crippen LogP) is 4.02. The van der Waals surface area contributed by atoms with Crippen LogP contribution in [-0.4, -0.2) is 57.2 Å². The number of carboxylic acid groups (broad SMARTS) is 1. The summed E-state index contributed by atoms with van der Waals surface area (Å²) >= 11 is 0. The highest BCUT2D eigenvalue weighted by molar-refractivity contribution is 6.43. The van der Waals surface area contributed by atoms with Gasteiger partial charge in [-0.1, -0.05) is 19.6 Å². The van der Waals surface area contributed by atoms with Gasteiger partial charge in [-0.15, -0.1) is 0 Å². The third-order valence-electron chi connectivity index (χ3n) is 8.96. The first-order chi connectivity index (χ1) is 21.5. The summed E-state index contributed by atoms with van der Waals surface area (Å²) in [5, 5.41) is 21.3. The highest BCUT2D eigenvalue weighted by Crippen LogP contribution is 2.46. The van der Waals surface area contributed by atoms with Crippen LogP contribution in [-0.2, 0) is 19.1 Å². The molecule has 3 N–H and O–H groups in total. The van der Waals surface area contributed by atoms with Crippen LogP contribution >= 0.6 is 0 Å². The number of hydrogen-bond donors (Lipinski definition) is 3. The molecule has 4 aliphatic heterocycles. The third-order valence-corrected chi connectivity index (χ3v) is 8.96. The number of aliphatic hydroxyl groups is 1. The maximum atomic E-state index is 14.0. The molecular weight excluding hydrogens is 572 g/mol. The van der Waals surface area contributed by atoms with E-state index in [9.17, 15) is 24.6 Å². The maximum Gasteiger partial charge on any atom is 0.321 e. The average Bonchev–Trinajstić information content (AvgIpc) is 3.76. The molecule has 45 heavy (non-hydrogen) atoms. The number of ether oxygens (including phenoxy) is 1. The van der Waals surface area contributed by atoms with E-state index in [1.54, 1.807) is 19.1 Å². The lowest BCUT2D eigenvalue weighted by atomic mass is 9.93. The number of nitrogens with zero attached hydrogens (tertiary/aromatic N) is 3. The Morgan fingerprint density at radius 2 is 1.78 bits per heavy atom. The van der Waals surface area contributed by atoms with E-state index in [1.807, 2.05) is 32.9 Å². The fourth-order valence-corrected chi connectivity index (χ4v) is 6.58. The van der Waals surface area contributed by atoms with Crippen LogP contribution in [0.3, 0.4) is 0 Å². The number of aliphatic hydroxyl groups excluding tert-OH is 1. The minimum atomic E-state index is -1.30. The SMILES string of the molecule is C=Cc1c(C)c2[nH]c1=CC1=NC(=C(CC)/C1=C\O)C=C1N=C3C(=C1C)C(=O)C(C(=O)OC)C3=C1N=C(C=2)C(C)=C1CCC(=O)O. The zero-order valence-corrected chi connectivity index (χ0v) is 25.7. The van der Waals surface area contributed by atoms with Crippen LogP contribution in [0.5, 0.6) is 0 Å². The van der Waals surface area contributed by atoms with Crippen LogP contribution in [0.25, 0.3) is 18.2 Å². The molecule has 0 spiro atoms. The lowest BCUT2D eigenvalue weighted by molar-refractivity contribution is -0.146. The Morgan fingerprint density at radius 1 is 1.04 bits per heavy atom. The number of allylic oxidation sites excluding steroid dienone is 7. The fourth-order valence-electron chi connectivity index (χ4n) is 6.58. The van der Waals surface area contributed by atoms with Gasteiger partial charge < -0.3 is 19.9 Å². The van der Waals surface area contributed by atoms with E-state index >= 15 is 0 Å². The number of carbonyl (C=O) groups excluding carboxylic acids is 2. The second kappa shape index (κ2) is 11.0. The van der Waals surface area contributed by atoms with Gasteiger partial charge in [-0.2, -0.15) is 0 Å². The van der Waals surface area contributed by atoms with Gasteiger partial charge in [0.05, 0.1) is 47.6 Å². The summed E-state index contributed by atoms with van der Waals surface area (Å²) < 4.78 is 5.09. The number of methoxy groups -OCH3 is 1. The number of carbonyl (C=O) groups is 3. The Bertz CT molecular complexity index is 2080. The Labute approximate surface area is 259 Å². The summed E-state index contributed by atoms with van der Waals surface area (Å²) in [4.78, 5) is 57.0. The van der Waals surface area contributed by atoms with Gasteiger partial charge >= 0.3 is 11.9 Å². The number of nitrogens with one attached hydrogen (secondary N) is 1. The predicted molar refractivity (Wildman–Crippen MR) is 172 cm³/mol. The second-order valence-electron chi connectivity index (χ2n) is 11.3. The normalized spacial score (nSPS) is 21.2. The molecule has 6 rings (SSSR count). The number of fused-ring (bicyclic) bond motifs is 5. The van der Waals surface area contributed by atoms with Gasteiger partial charge in [0.15, 0.2) is 5.78 Å². The number of hydrogen-bond acceptors (Lipinski definition) is 8. The molecule has 5 aliphatic rings. The van der Waals surface area contributed by atoms with Crippen molar-refractivity contribution in [3.63, 3.8) is 0 Å². The third kappa shape index (κ3) is 4.47. The molecule has 1 aliphatic carbocycles. The van der Waals surface area contributed by atoms with Crippen LogP contribution < -0.4 is 10.7 Å². The van der Waals surface area contributed by atoms with E-state index < -0.39 is 23.6 Å². The minimum absolute atomic E-state index is 0.137. The topological polar surface area (TPSA) is 154 Å². The Morgan fingerprint density at radius 3 is 2.42 bits per heavy atom. The summed E-state index contributed by atoms with van der Waals surface area (Å²) in [6.07, 6.45) is 8.86. The number of rotatable bonds is 6. The van der Waals surface area contributed by atoms with Gasteiger partial charge in [0.2, 0.25) is 0 Å². The first kappa shape index (κ1) is 29.7. The number of ketones is 1. The summed E-state index contributed by atoms with van der Waals surface area (Å²) in [7, 11) is 1.23. The van der Waals surface area contributed by atoms with Gasteiger partial charge in [-0.3, -0.25) is 14.4 Å². The van der Waals surface area contributed by atoms with E-state index in [2.05, 4.69) is 11.6 Å². The van der Waals surface area contributed by atoms with Crippen molar-refractivity contribution in [2.75, 3.05) is 7.11 Å². The van der Waals surface area contributed by atoms with Gasteiger partial charge in [0.1, 0.15) is 5.92 Å². The summed E-state index contributed by atoms with van der Waals surface area (Å²) in [6.45, 7) is 11.6. The fraction of sp³-hybridized carbons (Fsp3) is 0.257. The number of aliphatic imine (C=N–C) groups is 3. The lowest BCUT2D eigenvalue weighted by Crippen LogP contribution is -2.23. The number of aromatic nitrogens is 1. The van der Waals surface area contributed by atoms with E-state index in [1.165, 1.54) is 7.11 Å². The summed E-state index contributed by atoms with van der Waals surface area (Å²) in [5.41, 5.74) is 8.56. The van der Waals surface area contributed by atoms with E-state index in [0.717, 1.165) is 39.2 Å². The largest absolute Gasteiger partial charge is 0.515 e. The molecule has 1 fully saturated rings. The molecule has 1 unspecified atom stereocenters. The number of aliphatic carboxylic acids is 1. The van der Waals surface area contributed by atoms with Crippen LogP contribution in [0.4, 0.5) is 0 Å². The monoisotopic (exact) mass is 604 g/mol. The molecular formula is C35H32N4O6. The molecule has 1 atom stereocenters. The zero-order chi connectivity index (χ0) is 32.3. The molecule has 10 nitrogen and oxygen atoms in total. The van der Waals surface area contributed by atoms with Crippen molar-refractivity contribution in [1.29, 1.82) is 0 Å². The average molecular weight is 605 g/mol. The van der Waals surface area contributed by atoms with E-state index in [4.69, 9.17) is 19.7 Å². The van der Waals surface area contributed by atoms with Crippen molar-refractivity contribution in [3.8, 4) is 0 Å². The Balaban J connectivity index is 1.76. The van der Waals surface area contributed by atoms with Crippen LogP contribution in [0.2, 0.25) is 0 Å². The van der Waals surface area contributed by atoms with Crippen molar-refractivity contribution < 1.29 is 29.3 Å². The number of Topliss-reactive ketones (excluding diaryl/α,β-unsaturated/α-hetero) is 1. The molecule has 1 aromatic rings. The van der Waals surface area contributed by atoms with Crippen molar-refractivity contribution in [1.82, 2.24) is 4.98 Å². The number of aromatic amines is 1. The summed E-state index contributed by atoms with van der Waals surface area (Å²) in [5.74, 6) is -3.46. The lowest BCUT2D eigenvalue weighted by Gasteiger charge is -2.13. The first-order valence-corrected chi connectivity index (χ1v) is 14.6. The molecule has 0 saturated heterocycles. The molecule has 5 heterocycles. The molecule has 228 valence electrons. The van der Waals surface area contributed by atoms with Crippen molar-refractivity contribution in [3.05, 3.63) is 96.8 Å². The van der Waals surface area contributed by atoms with E-state index in [-0.39, 0.29) is 12.8 Å². The quantitative estimate of drug-likeness (QED) is 0.253. The highest BCUT2D eigenvalue weighted by atomic mass is 16.5. The molecule has 0 radical (unpaired) electrons. The number of esters is 1. The van der Waals surface area contributed by atoms with Gasteiger partial charge in [0.25, 0.3) is 0 Å². The van der Waals surface area contributed by atoms with Crippen LogP contribution in [0.15, 0.2) is 90.0 Å². The molecule has 10 heteroatoms. The Kier molecular flexibility index (Phi) is 7.23. The number of carboxylic acids is 1. The van der Waals surface area contributed by atoms with Crippen molar-refractivity contribution in [2.24, 2.45) is 20.9 Å². The van der Waals surface area contributed by atoms with Gasteiger partial charge in [-0.05, 0) is 79.7 Å². The molecule has 1 saturated carbocycles. The maximum absolute atomic E-state index is 14.0. The van der Waals surface area contributed by atoms with Crippen LogP contribution in [0, 0.1) is 12.8 Å².